The molecule has 1 heterocycles. The molecule has 7 heteroatoms. The van der Waals surface area contributed by atoms with Gasteiger partial charge in [0.25, 0.3) is 0 Å². The molecule has 2 atom stereocenters. The molecule has 7 nitrogen and oxygen atoms in total. The van der Waals surface area contributed by atoms with Gasteiger partial charge in [-0.2, -0.15) is 5.10 Å². The van der Waals surface area contributed by atoms with Crippen LogP contribution >= 0.6 is 0 Å². The van der Waals surface area contributed by atoms with Gasteiger partial charge in [-0.15, -0.1) is 0 Å². The van der Waals surface area contributed by atoms with E-state index < -0.39 is 11.5 Å². The van der Waals surface area contributed by atoms with Crippen LogP contribution in [0.4, 0.5) is 0 Å². The minimum absolute atomic E-state index is 0.153. The first-order chi connectivity index (χ1) is 11.7. The number of carbonyl (C=O) groups is 2. The van der Waals surface area contributed by atoms with Gasteiger partial charge in [-0.3, -0.25) is 9.59 Å². The molecule has 0 aliphatic heterocycles. The predicted octanol–water partition coefficient (Wildman–Crippen LogP) is 2.00. The van der Waals surface area contributed by atoms with E-state index in [-0.39, 0.29) is 17.9 Å². The van der Waals surface area contributed by atoms with E-state index in [2.05, 4.69) is 20.7 Å². The summed E-state index contributed by atoms with van der Waals surface area (Å²) in [5.74, 6) is -0.370. The van der Waals surface area contributed by atoms with Crippen molar-refractivity contribution in [1.82, 2.24) is 25.4 Å². The molecule has 2 N–H and O–H groups in total. The topological polar surface area (TPSA) is 88.9 Å². The lowest BCUT2D eigenvalue weighted by Gasteiger charge is -2.23. The summed E-state index contributed by atoms with van der Waals surface area (Å²) in [5, 5.41) is 9.73. The molecule has 0 radical (unpaired) electrons. The summed E-state index contributed by atoms with van der Waals surface area (Å²) >= 11 is 0. The zero-order valence-corrected chi connectivity index (χ0v) is 15.3. The van der Waals surface area contributed by atoms with Gasteiger partial charge in [-0.1, -0.05) is 32.9 Å². The molecule has 1 aromatic heterocycles. The Bertz CT molecular complexity index is 717. The summed E-state index contributed by atoms with van der Waals surface area (Å²) in [6.45, 7) is 9.02. The quantitative estimate of drug-likeness (QED) is 0.869. The van der Waals surface area contributed by atoms with Crippen molar-refractivity contribution in [2.75, 3.05) is 0 Å². The van der Waals surface area contributed by atoms with Gasteiger partial charge in [-0.25, -0.2) is 9.67 Å². The summed E-state index contributed by atoms with van der Waals surface area (Å²) in [6, 6.07) is 6.92. The van der Waals surface area contributed by atoms with Crippen LogP contribution < -0.4 is 10.6 Å². The number of benzene rings is 1. The third-order valence-electron chi connectivity index (χ3n) is 3.86. The fourth-order valence-electron chi connectivity index (χ4n) is 2.16. The summed E-state index contributed by atoms with van der Waals surface area (Å²) in [5.41, 5.74) is 1.33. The van der Waals surface area contributed by atoms with Gasteiger partial charge < -0.3 is 10.6 Å². The number of nitrogens with zero attached hydrogens (tertiary/aromatic N) is 3. The van der Waals surface area contributed by atoms with Gasteiger partial charge in [-0.05, 0) is 31.5 Å². The maximum Gasteiger partial charge on any atom is 0.242 e. The molecule has 2 unspecified atom stereocenters. The van der Waals surface area contributed by atoms with Crippen molar-refractivity contribution >= 4 is 11.8 Å². The van der Waals surface area contributed by atoms with E-state index in [9.17, 15) is 9.59 Å². The Morgan fingerprint density at radius 1 is 1.08 bits per heavy atom. The summed E-state index contributed by atoms with van der Waals surface area (Å²) < 4.78 is 1.66. The third kappa shape index (κ3) is 4.89. The Morgan fingerprint density at radius 2 is 1.72 bits per heavy atom. The van der Waals surface area contributed by atoms with Crippen LogP contribution in [-0.4, -0.2) is 32.6 Å². The Kier molecular flexibility index (Phi) is 5.56. The second-order valence-corrected chi connectivity index (χ2v) is 7.11. The summed E-state index contributed by atoms with van der Waals surface area (Å²) in [6.07, 6.45) is 3.10. The zero-order valence-electron chi connectivity index (χ0n) is 15.3. The molecule has 0 saturated heterocycles. The molecular formula is C18H25N5O2. The Balaban J connectivity index is 1.95. The molecule has 25 heavy (non-hydrogen) atoms. The highest BCUT2D eigenvalue weighted by molar-refractivity contribution is 5.89. The molecule has 0 bridgehead atoms. The lowest BCUT2D eigenvalue weighted by atomic mass is 9.95. The van der Waals surface area contributed by atoms with Gasteiger partial charge in [0.1, 0.15) is 18.7 Å². The van der Waals surface area contributed by atoms with Gasteiger partial charge in [0, 0.05) is 5.41 Å². The maximum absolute atomic E-state index is 12.3. The van der Waals surface area contributed by atoms with E-state index in [0.29, 0.717) is 0 Å². The van der Waals surface area contributed by atoms with Crippen LogP contribution in [0.5, 0.6) is 0 Å². The predicted molar refractivity (Wildman–Crippen MR) is 95.0 cm³/mol. The van der Waals surface area contributed by atoms with Crippen LogP contribution in [0.15, 0.2) is 36.9 Å². The fraction of sp³-hybridized carbons (Fsp3) is 0.444. The van der Waals surface area contributed by atoms with Crippen LogP contribution in [0.25, 0.3) is 5.69 Å². The van der Waals surface area contributed by atoms with Gasteiger partial charge in [0.05, 0.1) is 11.7 Å². The minimum Gasteiger partial charge on any atom is -0.348 e. The molecule has 0 aliphatic rings. The largest absolute Gasteiger partial charge is 0.348 e. The average molecular weight is 343 g/mol. The molecule has 2 aromatic rings. The summed E-state index contributed by atoms with van der Waals surface area (Å²) in [4.78, 5) is 28.2. The molecule has 2 amide bonds. The van der Waals surface area contributed by atoms with Gasteiger partial charge in [0.2, 0.25) is 11.8 Å². The zero-order chi connectivity index (χ0) is 18.6. The number of amides is 2. The summed E-state index contributed by atoms with van der Waals surface area (Å²) in [7, 11) is 0. The van der Waals surface area contributed by atoms with Crippen LogP contribution in [0.3, 0.4) is 0 Å². The van der Waals surface area contributed by atoms with Crippen LogP contribution in [0, 0.1) is 5.41 Å². The van der Waals surface area contributed by atoms with Crippen molar-refractivity contribution in [3.63, 3.8) is 0 Å². The normalized spacial score (nSPS) is 13.8. The van der Waals surface area contributed by atoms with E-state index in [4.69, 9.17) is 0 Å². The van der Waals surface area contributed by atoms with Crippen molar-refractivity contribution in [2.45, 2.75) is 46.7 Å². The van der Waals surface area contributed by atoms with Crippen molar-refractivity contribution in [3.8, 4) is 5.69 Å². The van der Waals surface area contributed by atoms with E-state index >= 15 is 0 Å². The van der Waals surface area contributed by atoms with Gasteiger partial charge >= 0.3 is 0 Å². The number of rotatable bonds is 5. The van der Waals surface area contributed by atoms with Crippen molar-refractivity contribution in [3.05, 3.63) is 42.5 Å². The van der Waals surface area contributed by atoms with Crippen molar-refractivity contribution < 1.29 is 9.59 Å². The lowest BCUT2D eigenvalue weighted by molar-refractivity contribution is -0.133. The standard InChI is InChI=1S/C18H25N5O2/c1-12(21-16(24)13(2)22-17(25)18(3,4)5)14-6-8-15(9-7-14)23-11-19-10-20-23/h6-13H,1-5H3,(H,21,24)(H,22,25). The molecule has 0 aliphatic carbocycles. The Labute approximate surface area is 147 Å². The number of carbonyl (C=O) groups excluding carboxylic acids is 2. The molecule has 134 valence electrons. The third-order valence-corrected chi connectivity index (χ3v) is 3.86. The smallest absolute Gasteiger partial charge is 0.242 e. The van der Waals surface area contributed by atoms with Crippen LogP contribution in [0.2, 0.25) is 0 Å². The first kappa shape index (κ1) is 18.6. The highest BCUT2D eigenvalue weighted by atomic mass is 16.2. The number of hydrogen-bond acceptors (Lipinski definition) is 4. The molecule has 0 saturated carbocycles. The van der Waals surface area contributed by atoms with Gasteiger partial charge in [0.15, 0.2) is 0 Å². The Morgan fingerprint density at radius 3 is 2.24 bits per heavy atom. The molecular weight excluding hydrogens is 318 g/mol. The first-order valence-corrected chi connectivity index (χ1v) is 8.25. The van der Waals surface area contributed by atoms with Crippen molar-refractivity contribution in [1.29, 1.82) is 0 Å². The number of hydrogen-bond donors (Lipinski definition) is 2. The lowest BCUT2D eigenvalue weighted by Crippen LogP contribution is -2.48. The fourth-order valence-corrected chi connectivity index (χ4v) is 2.16. The second kappa shape index (κ2) is 7.46. The molecule has 0 spiro atoms. The highest BCUT2D eigenvalue weighted by Crippen LogP contribution is 2.16. The molecule has 2 rings (SSSR count). The number of nitrogens with one attached hydrogen (secondary N) is 2. The Hall–Kier alpha value is -2.70. The minimum atomic E-state index is -0.594. The average Bonchev–Trinajstić information content (AvgIpc) is 3.08. The first-order valence-electron chi connectivity index (χ1n) is 8.25. The van der Waals surface area contributed by atoms with E-state index in [0.717, 1.165) is 11.3 Å². The monoisotopic (exact) mass is 343 g/mol. The van der Waals surface area contributed by atoms with E-state index in [1.54, 1.807) is 17.9 Å². The second-order valence-electron chi connectivity index (χ2n) is 7.11. The molecule has 0 fully saturated rings. The van der Waals surface area contributed by atoms with Crippen LogP contribution in [0.1, 0.15) is 46.2 Å². The molecule has 1 aromatic carbocycles. The maximum atomic E-state index is 12.3. The highest BCUT2D eigenvalue weighted by Gasteiger charge is 2.25. The SMILES string of the molecule is CC(NC(=O)C(C)(C)C)C(=O)NC(C)c1ccc(-n2cncn2)cc1. The van der Waals surface area contributed by atoms with Crippen molar-refractivity contribution in [2.24, 2.45) is 5.41 Å². The van der Waals surface area contributed by atoms with E-state index in [1.165, 1.54) is 6.33 Å². The van der Waals surface area contributed by atoms with Crippen LogP contribution in [-0.2, 0) is 9.59 Å². The van der Waals surface area contributed by atoms with E-state index in [1.807, 2.05) is 52.0 Å². The number of aromatic nitrogens is 3.